The van der Waals surface area contributed by atoms with Crippen LogP contribution in [0.2, 0.25) is 0 Å². The van der Waals surface area contributed by atoms with Crippen molar-refractivity contribution in [3.8, 4) is 0 Å². The Bertz CT molecular complexity index is 203. The molecular formula is C6H12N4. The molecule has 56 valence electrons. The average molecular weight is 140 g/mol. The zero-order valence-corrected chi connectivity index (χ0v) is 6.55. The van der Waals surface area contributed by atoms with E-state index in [0.717, 1.165) is 18.2 Å². The lowest BCUT2D eigenvalue weighted by Crippen LogP contribution is -2.10. The van der Waals surface area contributed by atoms with Crippen molar-refractivity contribution in [2.45, 2.75) is 13.3 Å². The zero-order chi connectivity index (χ0) is 7.56. The van der Waals surface area contributed by atoms with E-state index in [9.17, 15) is 0 Å². The Hall–Kier alpha value is -1.06. The molecule has 0 bridgehead atoms. The number of aromatic amines is 1. The lowest BCUT2D eigenvalue weighted by molar-refractivity contribution is 0.945. The first-order chi connectivity index (χ1) is 4.74. The molecule has 0 saturated heterocycles. The third kappa shape index (κ3) is 1.26. The highest BCUT2D eigenvalue weighted by Gasteiger charge is 2.00. The van der Waals surface area contributed by atoms with Gasteiger partial charge in [0.05, 0.1) is 0 Å². The fraction of sp³-hybridized carbons (Fsp3) is 0.667. The summed E-state index contributed by atoms with van der Waals surface area (Å²) in [4.78, 5) is 6.06. The van der Waals surface area contributed by atoms with Crippen LogP contribution in [0.4, 0.5) is 5.95 Å². The first-order valence-electron chi connectivity index (χ1n) is 3.32. The van der Waals surface area contributed by atoms with Crippen LogP contribution in [0, 0.1) is 0 Å². The maximum absolute atomic E-state index is 4.19. The van der Waals surface area contributed by atoms with Gasteiger partial charge in [0.2, 0.25) is 5.95 Å². The van der Waals surface area contributed by atoms with Crippen LogP contribution in [0.1, 0.15) is 12.7 Å². The van der Waals surface area contributed by atoms with E-state index in [2.05, 4.69) is 15.2 Å². The summed E-state index contributed by atoms with van der Waals surface area (Å²) in [6.07, 6.45) is 0.904. The van der Waals surface area contributed by atoms with E-state index < -0.39 is 0 Å². The number of nitrogens with one attached hydrogen (secondary N) is 1. The molecule has 0 atom stereocenters. The quantitative estimate of drug-likeness (QED) is 0.648. The van der Waals surface area contributed by atoms with Crippen molar-refractivity contribution in [2.24, 2.45) is 0 Å². The third-order valence-electron chi connectivity index (χ3n) is 1.25. The van der Waals surface area contributed by atoms with E-state index in [-0.39, 0.29) is 0 Å². The molecule has 1 heterocycles. The largest absolute Gasteiger partial charge is 0.346 e. The van der Waals surface area contributed by atoms with Gasteiger partial charge in [0.1, 0.15) is 5.82 Å². The number of rotatable bonds is 2. The van der Waals surface area contributed by atoms with E-state index in [1.165, 1.54) is 0 Å². The molecule has 0 aliphatic carbocycles. The Morgan fingerprint density at radius 3 is 2.50 bits per heavy atom. The van der Waals surface area contributed by atoms with Crippen molar-refractivity contribution in [1.29, 1.82) is 0 Å². The smallest absolute Gasteiger partial charge is 0.244 e. The lowest BCUT2D eigenvalue weighted by atomic mass is 10.5. The van der Waals surface area contributed by atoms with Gasteiger partial charge in [-0.15, -0.1) is 5.10 Å². The molecule has 0 aliphatic rings. The maximum atomic E-state index is 4.19. The standard InChI is InChI=1S/C6H12N4/c1-4-5-7-6(9-8-5)10(2)3/h4H2,1-3H3,(H,7,8,9). The van der Waals surface area contributed by atoms with E-state index in [4.69, 9.17) is 0 Å². The molecule has 10 heavy (non-hydrogen) atoms. The van der Waals surface area contributed by atoms with Gasteiger partial charge in [-0.25, -0.2) is 0 Å². The lowest BCUT2D eigenvalue weighted by Gasteiger charge is -2.03. The van der Waals surface area contributed by atoms with Crippen LogP contribution in [0.3, 0.4) is 0 Å². The molecule has 0 amide bonds. The van der Waals surface area contributed by atoms with Crippen LogP contribution in [-0.2, 0) is 6.42 Å². The van der Waals surface area contributed by atoms with Gasteiger partial charge in [-0.1, -0.05) is 6.92 Å². The SMILES string of the molecule is CCc1nc(N(C)C)n[nH]1. The fourth-order valence-electron chi connectivity index (χ4n) is 0.643. The molecule has 4 heteroatoms. The van der Waals surface area contributed by atoms with E-state index in [0.29, 0.717) is 0 Å². The zero-order valence-electron chi connectivity index (χ0n) is 6.55. The molecule has 0 aromatic carbocycles. The number of hydrogen-bond donors (Lipinski definition) is 1. The molecule has 0 spiro atoms. The molecule has 1 aromatic rings. The Kier molecular flexibility index (Phi) is 1.89. The van der Waals surface area contributed by atoms with Gasteiger partial charge in [0.25, 0.3) is 0 Å². The monoisotopic (exact) mass is 140 g/mol. The normalized spacial score (nSPS) is 9.90. The van der Waals surface area contributed by atoms with Crippen molar-refractivity contribution in [3.63, 3.8) is 0 Å². The van der Waals surface area contributed by atoms with Crippen LogP contribution in [0.15, 0.2) is 0 Å². The van der Waals surface area contributed by atoms with Gasteiger partial charge < -0.3 is 4.90 Å². The number of aromatic nitrogens is 3. The summed E-state index contributed by atoms with van der Waals surface area (Å²) in [7, 11) is 3.84. The van der Waals surface area contributed by atoms with Crippen LogP contribution in [0.25, 0.3) is 0 Å². The van der Waals surface area contributed by atoms with Crippen LogP contribution >= 0.6 is 0 Å². The second-order valence-corrected chi connectivity index (χ2v) is 2.33. The minimum Gasteiger partial charge on any atom is -0.346 e. The minimum atomic E-state index is 0.747. The van der Waals surface area contributed by atoms with Gasteiger partial charge in [0, 0.05) is 20.5 Å². The molecule has 1 N–H and O–H groups in total. The van der Waals surface area contributed by atoms with E-state index in [1.54, 1.807) is 0 Å². The third-order valence-corrected chi connectivity index (χ3v) is 1.25. The minimum absolute atomic E-state index is 0.747. The number of nitrogens with zero attached hydrogens (tertiary/aromatic N) is 3. The summed E-state index contributed by atoms with van der Waals surface area (Å²) >= 11 is 0. The maximum Gasteiger partial charge on any atom is 0.244 e. The summed E-state index contributed by atoms with van der Waals surface area (Å²) in [5.74, 6) is 1.68. The Balaban J connectivity index is 2.78. The van der Waals surface area contributed by atoms with Crippen molar-refractivity contribution in [2.75, 3.05) is 19.0 Å². The summed E-state index contributed by atoms with van der Waals surface area (Å²) in [5, 5.41) is 6.81. The summed E-state index contributed by atoms with van der Waals surface area (Å²) in [6, 6.07) is 0. The second-order valence-electron chi connectivity index (χ2n) is 2.33. The van der Waals surface area contributed by atoms with E-state index in [1.807, 2.05) is 25.9 Å². The summed E-state index contributed by atoms with van der Waals surface area (Å²) < 4.78 is 0. The van der Waals surface area contributed by atoms with Crippen molar-refractivity contribution >= 4 is 5.95 Å². The predicted octanol–water partition coefficient (Wildman–Crippen LogP) is 0.433. The Morgan fingerprint density at radius 1 is 1.50 bits per heavy atom. The molecule has 0 unspecified atom stereocenters. The first kappa shape index (κ1) is 7.05. The number of anilines is 1. The highest BCUT2D eigenvalue weighted by molar-refractivity contribution is 5.24. The molecule has 1 rings (SSSR count). The Labute approximate surface area is 60.3 Å². The first-order valence-corrected chi connectivity index (χ1v) is 3.32. The number of H-pyrrole nitrogens is 1. The van der Waals surface area contributed by atoms with Gasteiger partial charge >= 0.3 is 0 Å². The van der Waals surface area contributed by atoms with Gasteiger partial charge in [-0.05, 0) is 0 Å². The van der Waals surface area contributed by atoms with Crippen LogP contribution in [0.5, 0.6) is 0 Å². The van der Waals surface area contributed by atoms with Gasteiger partial charge in [-0.3, -0.25) is 5.10 Å². The second kappa shape index (κ2) is 2.68. The highest BCUT2D eigenvalue weighted by atomic mass is 15.3. The predicted molar refractivity (Wildman–Crippen MR) is 40.1 cm³/mol. The number of aryl methyl sites for hydroxylation is 1. The summed E-state index contributed by atoms with van der Waals surface area (Å²) in [6.45, 7) is 2.04. The molecule has 0 radical (unpaired) electrons. The molecule has 0 fully saturated rings. The van der Waals surface area contributed by atoms with E-state index >= 15 is 0 Å². The fourth-order valence-corrected chi connectivity index (χ4v) is 0.643. The molecule has 1 aromatic heterocycles. The highest BCUT2D eigenvalue weighted by Crippen LogP contribution is 2.01. The van der Waals surface area contributed by atoms with Gasteiger partial charge in [-0.2, -0.15) is 4.98 Å². The van der Waals surface area contributed by atoms with Crippen molar-refractivity contribution in [1.82, 2.24) is 15.2 Å². The van der Waals surface area contributed by atoms with Crippen molar-refractivity contribution < 1.29 is 0 Å². The molecule has 0 aliphatic heterocycles. The number of hydrogen-bond acceptors (Lipinski definition) is 3. The topological polar surface area (TPSA) is 44.8 Å². The van der Waals surface area contributed by atoms with Gasteiger partial charge in [0.15, 0.2) is 0 Å². The Morgan fingerprint density at radius 2 is 2.20 bits per heavy atom. The average Bonchev–Trinajstić information content (AvgIpc) is 2.34. The molecular weight excluding hydrogens is 128 g/mol. The van der Waals surface area contributed by atoms with Crippen LogP contribution < -0.4 is 4.90 Å². The molecule has 0 saturated carbocycles. The summed E-state index contributed by atoms with van der Waals surface area (Å²) in [5.41, 5.74) is 0. The molecule has 4 nitrogen and oxygen atoms in total. The van der Waals surface area contributed by atoms with Crippen molar-refractivity contribution in [3.05, 3.63) is 5.82 Å². The van der Waals surface area contributed by atoms with Crippen LogP contribution in [-0.4, -0.2) is 29.3 Å².